The Morgan fingerprint density at radius 2 is 1.61 bits per heavy atom. The number of benzene rings is 1. The molecule has 0 N–H and O–H groups in total. The number of thioether (sulfide) groups is 1. The molecule has 1 aromatic carbocycles. The summed E-state index contributed by atoms with van der Waals surface area (Å²) in [5.74, 6) is -3.15. The predicted molar refractivity (Wildman–Crippen MR) is 159 cm³/mol. The fourth-order valence-electron chi connectivity index (χ4n) is 5.42. The van der Waals surface area contributed by atoms with Crippen molar-refractivity contribution in [2.75, 3.05) is 6.61 Å². The van der Waals surface area contributed by atoms with Gasteiger partial charge in [0.15, 0.2) is 18.3 Å². The van der Waals surface area contributed by atoms with Crippen molar-refractivity contribution in [1.82, 2.24) is 4.98 Å². The summed E-state index contributed by atoms with van der Waals surface area (Å²) in [6, 6.07) is 8.77. The first-order valence-electron chi connectivity index (χ1n) is 14.2. The SMILES string of the molecule is CC(=O)OC[C@H]1OC(c2ccc(C)c(CC3(C)CC=C(c4ccc(F)nc4)S3)c2)[C@H](OC(C)=O)[C@@H](OC(C)=O)[C@@H]1OC(C)=O. The first-order valence-corrected chi connectivity index (χ1v) is 15.0. The minimum absolute atomic E-state index is 0.214. The van der Waals surface area contributed by atoms with Gasteiger partial charge in [-0.05, 0) is 55.5 Å². The molecule has 1 aromatic heterocycles. The van der Waals surface area contributed by atoms with Crippen LogP contribution < -0.4 is 0 Å². The third kappa shape index (κ3) is 8.23. The molecule has 44 heavy (non-hydrogen) atoms. The molecule has 10 nitrogen and oxygen atoms in total. The Balaban J connectivity index is 1.67. The van der Waals surface area contributed by atoms with Gasteiger partial charge in [0.05, 0.1) is 0 Å². The molecule has 236 valence electrons. The predicted octanol–water partition coefficient (Wildman–Crippen LogP) is 4.81. The van der Waals surface area contributed by atoms with Gasteiger partial charge >= 0.3 is 23.9 Å². The summed E-state index contributed by atoms with van der Waals surface area (Å²) >= 11 is 1.69. The van der Waals surface area contributed by atoms with Crippen LogP contribution in [0.5, 0.6) is 0 Å². The Morgan fingerprint density at radius 1 is 0.955 bits per heavy atom. The highest BCUT2D eigenvalue weighted by atomic mass is 32.2. The van der Waals surface area contributed by atoms with E-state index in [2.05, 4.69) is 18.0 Å². The van der Waals surface area contributed by atoms with E-state index in [0.29, 0.717) is 12.0 Å². The molecule has 3 heterocycles. The number of aromatic nitrogens is 1. The fraction of sp³-hybridized carbons (Fsp3) is 0.469. The Morgan fingerprint density at radius 3 is 2.23 bits per heavy atom. The van der Waals surface area contributed by atoms with Crippen LogP contribution in [-0.2, 0) is 49.3 Å². The number of ether oxygens (including phenoxy) is 5. The largest absolute Gasteiger partial charge is 0.463 e. The van der Waals surface area contributed by atoms with E-state index in [-0.39, 0.29) is 11.4 Å². The Bertz CT molecular complexity index is 1450. The molecule has 12 heteroatoms. The normalized spacial score (nSPS) is 26.3. The highest BCUT2D eigenvalue weighted by Gasteiger charge is 2.52. The van der Waals surface area contributed by atoms with Crippen LogP contribution in [0.4, 0.5) is 4.39 Å². The zero-order valence-corrected chi connectivity index (χ0v) is 26.3. The van der Waals surface area contributed by atoms with E-state index >= 15 is 0 Å². The molecule has 0 radical (unpaired) electrons. The summed E-state index contributed by atoms with van der Waals surface area (Å²) in [4.78, 5) is 53.0. The molecule has 4 rings (SSSR count). The number of carbonyl (C=O) groups is 4. The minimum Gasteiger partial charge on any atom is -0.463 e. The van der Waals surface area contributed by atoms with Gasteiger partial charge in [0.25, 0.3) is 0 Å². The van der Waals surface area contributed by atoms with E-state index < -0.39 is 60.3 Å². The number of hydrogen-bond acceptors (Lipinski definition) is 11. The Labute approximate surface area is 259 Å². The number of halogens is 1. The molecule has 1 saturated heterocycles. The van der Waals surface area contributed by atoms with Gasteiger partial charge in [-0.2, -0.15) is 4.39 Å². The average molecular weight is 630 g/mol. The lowest BCUT2D eigenvalue weighted by molar-refractivity contribution is -0.254. The van der Waals surface area contributed by atoms with Crippen molar-refractivity contribution >= 4 is 40.5 Å². The monoisotopic (exact) mass is 629 g/mol. The molecule has 0 amide bonds. The number of nitrogens with zero attached hydrogens (tertiary/aromatic N) is 1. The van der Waals surface area contributed by atoms with E-state index in [9.17, 15) is 23.6 Å². The molecule has 2 aliphatic heterocycles. The number of allylic oxidation sites excluding steroid dienone is 1. The Hall–Kier alpha value is -3.77. The van der Waals surface area contributed by atoms with Gasteiger partial charge < -0.3 is 23.7 Å². The number of esters is 4. The van der Waals surface area contributed by atoms with Crippen LogP contribution in [0.25, 0.3) is 4.91 Å². The van der Waals surface area contributed by atoms with Crippen molar-refractivity contribution in [2.24, 2.45) is 0 Å². The first-order chi connectivity index (χ1) is 20.7. The number of hydrogen-bond donors (Lipinski definition) is 0. The van der Waals surface area contributed by atoms with Crippen molar-refractivity contribution < 1.29 is 47.3 Å². The van der Waals surface area contributed by atoms with Gasteiger partial charge in [0.1, 0.15) is 18.8 Å². The van der Waals surface area contributed by atoms with Crippen LogP contribution in [0.1, 0.15) is 69.4 Å². The molecule has 6 atom stereocenters. The molecule has 2 aliphatic rings. The highest BCUT2D eigenvalue weighted by molar-refractivity contribution is 8.09. The molecule has 2 unspecified atom stereocenters. The number of carbonyl (C=O) groups excluding carboxylic acids is 4. The smallest absolute Gasteiger partial charge is 0.303 e. The third-order valence-corrected chi connectivity index (χ3v) is 8.77. The topological polar surface area (TPSA) is 127 Å². The number of rotatable bonds is 9. The summed E-state index contributed by atoms with van der Waals surface area (Å²) < 4.78 is 41.5. The summed E-state index contributed by atoms with van der Waals surface area (Å²) in [5, 5.41) is 0. The number of aryl methyl sites for hydroxylation is 1. The van der Waals surface area contributed by atoms with Gasteiger partial charge in [-0.3, -0.25) is 19.2 Å². The first kappa shape index (κ1) is 33.1. The summed E-state index contributed by atoms with van der Waals surface area (Å²) in [6.45, 7) is 8.66. The van der Waals surface area contributed by atoms with E-state index in [4.69, 9.17) is 23.7 Å². The van der Waals surface area contributed by atoms with Crippen molar-refractivity contribution in [3.05, 3.63) is 70.8 Å². The molecular formula is C32H36FNO9S. The van der Waals surface area contributed by atoms with Gasteiger partial charge in [0.2, 0.25) is 5.95 Å². The lowest BCUT2D eigenvalue weighted by Crippen LogP contribution is -2.59. The zero-order chi connectivity index (χ0) is 32.2. The molecule has 0 aliphatic carbocycles. The molecule has 1 fully saturated rings. The van der Waals surface area contributed by atoms with E-state index in [1.807, 2.05) is 25.1 Å². The van der Waals surface area contributed by atoms with Crippen molar-refractivity contribution in [2.45, 2.75) is 89.7 Å². The second-order valence-electron chi connectivity index (χ2n) is 11.2. The summed E-state index contributed by atoms with van der Waals surface area (Å²) in [7, 11) is 0. The summed E-state index contributed by atoms with van der Waals surface area (Å²) in [6.07, 6.45) is -0.561. The second-order valence-corrected chi connectivity index (χ2v) is 12.8. The number of pyridine rings is 1. The summed E-state index contributed by atoms with van der Waals surface area (Å²) in [5.41, 5.74) is 3.52. The molecule has 0 spiro atoms. The lowest BCUT2D eigenvalue weighted by atomic mass is 9.87. The molecule has 0 saturated carbocycles. The van der Waals surface area contributed by atoms with Gasteiger partial charge in [-0.1, -0.05) is 24.3 Å². The minimum atomic E-state index is -1.25. The maximum Gasteiger partial charge on any atom is 0.303 e. The van der Waals surface area contributed by atoms with Crippen LogP contribution in [-0.4, -0.2) is 64.6 Å². The van der Waals surface area contributed by atoms with Gasteiger partial charge in [-0.25, -0.2) is 4.98 Å². The van der Waals surface area contributed by atoms with E-state index in [0.717, 1.165) is 28.0 Å². The maximum absolute atomic E-state index is 13.4. The van der Waals surface area contributed by atoms with Crippen LogP contribution in [0.2, 0.25) is 0 Å². The van der Waals surface area contributed by atoms with Crippen molar-refractivity contribution in [3.8, 4) is 0 Å². The zero-order valence-electron chi connectivity index (χ0n) is 25.5. The second kappa shape index (κ2) is 13.9. The van der Waals surface area contributed by atoms with Crippen LogP contribution in [0, 0.1) is 12.9 Å². The fourth-order valence-corrected chi connectivity index (χ4v) is 6.75. The average Bonchev–Trinajstić information content (AvgIpc) is 3.32. The standard InChI is InChI=1S/C32H36FNO9S/c1-17-7-8-22(13-24(17)14-32(6)12-11-26(44-32)23-9-10-27(33)34-15-23)28-30(41-20(4)37)31(42-21(5)38)29(40-19(3)36)25(43-28)16-39-18(2)35/h7-11,13,15,25,28-31H,12,14,16H2,1-6H3/t25-,28?,29-,30+,31+,32?/m1/s1. The van der Waals surface area contributed by atoms with Crippen molar-refractivity contribution in [1.29, 1.82) is 0 Å². The van der Waals surface area contributed by atoms with Crippen LogP contribution in [0.15, 0.2) is 42.6 Å². The van der Waals surface area contributed by atoms with Gasteiger partial charge in [-0.15, -0.1) is 11.8 Å². The highest BCUT2D eigenvalue weighted by Crippen LogP contribution is 2.49. The van der Waals surface area contributed by atoms with Crippen molar-refractivity contribution in [3.63, 3.8) is 0 Å². The molecule has 0 bridgehead atoms. The molecule has 2 aromatic rings. The van der Waals surface area contributed by atoms with Crippen LogP contribution in [0.3, 0.4) is 0 Å². The third-order valence-electron chi connectivity index (χ3n) is 7.34. The molecular weight excluding hydrogens is 593 g/mol. The maximum atomic E-state index is 13.4. The van der Waals surface area contributed by atoms with Crippen LogP contribution >= 0.6 is 11.8 Å². The van der Waals surface area contributed by atoms with Gasteiger partial charge in [0, 0.05) is 49.1 Å². The quantitative estimate of drug-likeness (QED) is 0.215. The lowest BCUT2D eigenvalue weighted by Gasteiger charge is -2.44. The van der Waals surface area contributed by atoms with E-state index in [1.165, 1.54) is 40.0 Å². The Kier molecular flexibility index (Phi) is 10.5. The van der Waals surface area contributed by atoms with E-state index in [1.54, 1.807) is 17.8 Å².